The molecule has 2 heterocycles. The number of aromatic amines is 1. The number of benzene rings is 1. The summed E-state index contributed by atoms with van der Waals surface area (Å²) in [6.45, 7) is 1.70. The fourth-order valence-electron chi connectivity index (χ4n) is 2.51. The highest BCUT2D eigenvalue weighted by Gasteiger charge is 2.19. The van der Waals surface area contributed by atoms with Crippen LogP contribution in [0.2, 0.25) is 0 Å². The van der Waals surface area contributed by atoms with Crippen molar-refractivity contribution >= 4 is 29.8 Å². The number of carbonyl (C=O) groups is 1. The highest BCUT2D eigenvalue weighted by Crippen LogP contribution is 2.16. The number of carbonyl (C=O) groups excluding carboxylic acids is 1. The number of hydrogen-bond acceptors (Lipinski definition) is 4. The van der Waals surface area contributed by atoms with Crippen LogP contribution in [0.1, 0.15) is 30.7 Å². The average molecular weight is 346 g/mol. The van der Waals surface area contributed by atoms with Gasteiger partial charge in [0, 0.05) is 25.3 Å². The van der Waals surface area contributed by atoms with E-state index in [1.54, 1.807) is 23.9 Å². The van der Waals surface area contributed by atoms with Crippen molar-refractivity contribution in [2.75, 3.05) is 18.8 Å². The molecule has 24 heavy (non-hydrogen) atoms. The highest BCUT2D eigenvalue weighted by atomic mass is 32.2. The minimum Gasteiger partial charge on any atom is -0.343 e. The van der Waals surface area contributed by atoms with Crippen LogP contribution in [-0.2, 0) is 4.79 Å². The second-order valence-corrected chi connectivity index (χ2v) is 6.64. The number of halogens is 1. The maximum absolute atomic E-state index is 12.8. The molecule has 0 saturated carbocycles. The Bertz CT molecular complexity index is 714. The molecular weight excluding hydrogens is 327 g/mol. The predicted octanol–water partition coefficient (Wildman–Crippen LogP) is 3.22. The molecule has 0 radical (unpaired) electrons. The summed E-state index contributed by atoms with van der Waals surface area (Å²) in [5, 5.41) is 7.73. The molecule has 1 N–H and O–H groups in total. The molecule has 1 saturated heterocycles. The number of H-pyrrole nitrogens is 1. The van der Waals surface area contributed by atoms with E-state index in [-0.39, 0.29) is 11.7 Å². The molecule has 1 amide bonds. The quantitative estimate of drug-likeness (QED) is 0.618. The van der Waals surface area contributed by atoms with E-state index in [9.17, 15) is 9.18 Å². The van der Waals surface area contributed by atoms with E-state index in [0.717, 1.165) is 37.2 Å². The van der Waals surface area contributed by atoms with Crippen molar-refractivity contribution in [3.05, 3.63) is 41.5 Å². The van der Waals surface area contributed by atoms with Crippen LogP contribution in [0.25, 0.3) is 12.2 Å². The topological polar surface area (TPSA) is 61.9 Å². The lowest BCUT2D eigenvalue weighted by Crippen LogP contribution is -2.25. The molecule has 1 aromatic heterocycles. The average Bonchev–Trinajstić information content (AvgIpc) is 3.20. The van der Waals surface area contributed by atoms with Crippen molar-refractivity contribution in [3.63, 3.8) is 0 Å². The van der Waals surface area contributed by atoms with Crippen LogP contribution in [0, 0.1) is 5.82 Å². The van der Waals surface area contributed by atoms with E-state index >= 15 is 0 Å². The lowest BCUT2D eigenvalue weighted by molar-refractivity contribution is -0.127. The fourth-order valence-corrected chi connectivity index (χ4v) is 3.23. The third kappa shape index (κ3) is 4.67. The number of nitrogens with zero attached hydrogens (tertiary/aromatic N) is 3. The summed E-state index contributed by atoms with van der Waals surface area (Å²) >= 11 is 1.57. The van der Waals surface area contributed by atoms with Gasteiger partial charge in [-0.25, -0.2) is 9.37 Å². The monoisotopic (exact) mass is 346 g/mol. The predicted molar refractivity (Wildman–Crippen MR) is 92.9 cm³/mol. The molecule has 0 bridgehead atoms. The number of likely N-dealkylation sites (tertiary alicyclic amines) is 1. The van der Waals surface area contributed by atoms with E-state index in [1.807, 2.05) is 17.1 Å². The molecule has 1 aliphatic heterocycles. The SMILES string of the molecule is O=C1CCCN1CCCSc1n[nH]c(C=Cc2ccc(F)cc2)n1. The molecule has 3 rings (SSSR count). The van der Waals surface area contributed by atoms with Crippen molar-refractivity contribution in [2.24, 2.45) is 0 Å². The van der Waals surface area contributed by atoms with E-state index < -0.39 is 0 Å². The van der Waals surface area contributed by atoms with E-state index in [4.69, 9.17) is 0 Å². The van der Waals surface area contributed by atoms with Crippen molar-refractivity contribution < 1.29 is 9.18 Å². The van der Waals surface area contributed by atoms with Crippen molar-refractivity contribution in [1.29, 1.82) is 0 Å². The van der Waals surface area contributed by atoms with E-state index in [1.165, 1.54) is 12.1 Å². The van der Waals surface area contributed by atoms with E-state index in [0.29, 0.717) is 17.4 Å². The van der Waals surface area contributed by atoms with Crippen LogP contribution in [0.3, 0.4) is 0 Å². The molecular formula is C17H19FN4OS. The van der Waals surface area contributed by atoms with Gasteiger partial charge in [0.25, 0.3) is 0 Å². The minimum absolute atomic E-state index is 0.249. The molecule has 2 aromatic rings. The first-order chi connectivity index (χ1) is 11.7. The lowest BCUT2D eigenvalue weighted by Gasteiger charge is -2.14. The summed E-state index contributed by atoms with van der Waals surface area (Å²) in [5.74, 6) is 1.56. The fraction of sp³-hybridized carbons (Fsp3) is 0.353. The molecule has 5 nitrogen and oxygen atoms in total. The van der Waals surface area contributed by atoms with Crippen LogP contribution in [0.15, 0.2) is 29.4 Å². The molecule has 1 fully saturated rings. The third-order valence-corrected chi connectivity index (χ3v) is 4.69. The second-order valence-electron chi connectivity index (χ2n) is 5.57. The van der Waals surface area contributed by atoms with Crippen LogP contribution in [0.5, 0.6) is 0 Å². The number of hydrogen-bond donors (Lipinski definition) is 1. The molecule has 126 valence electrons. The zero-order chi connectivity index (χ0) is 16.8. The summed E-state index contributed by atoms with van der Waals surface area (Å²) in [6.07, 6.45) is 6.28. The van der Waals surface area contributed by atoms with Gasteiger partial charge in [0.15, 0.2) is 0 Å². The molecule has 1 aromatic carbocycles. The minimum atomic E-state index is -0.249. The summed E-state index contributed by atoms with van der Waals surface area (Å²) in [4.78, 5) is 17.8. The number of nitrogens with one attached hydrogen (secondary N) is 1. The van der Waals surface area contributed by atoms with Gasteiger partial charge >= 0.3 is 0 Å². The zero-order valence-corrected chi connectivity index (χ0v) is 14.1. The molecule has 0 atom stereocenters. The van der Waals surface area contributed by atoms with Gasteiger partial charge in [-0.05, 0) is 36.6 Å². The van der Waals surface area contributed by atoms with Gasteiger partial charge in [-0.15, -0.1) is 5.10 Å². The molecule has 0 spiro atoms. The van der Waals surface area contributed by atoms with Crippen LogP contribution in [-0.4, -0.2) is 44.8 Å². The van der Waals surface area contributed by atoms with Gasteiger partial charge in [-0.1, -0.05) is 30.0 Å². The molecule has 0 unspecified atom stereocenters. The Hall–Kier alpha value is -2.15. The third-order valence-electron chi connectivity index (χ3n) is 3.76. The molecule has 0 aliphatic carbocycles. The summed E-state index contributed by atoms with van der Waals surface area (Å²) in [7, 11) is 0. The van der Waals surface area contributed by atoms with E-state index in [2.05, 4.69) is 15.2 Å². The van der Waals surface area contributed by atoms with Crippen molar-refractivity contribution in [3.8, 4) is 0 Å². The Morgan fingerprint density at radius 1 is 1.29 bits per heavy atom. The summed E-state index contributed by atoms with van der Waals surface area (Å²) in [6, 6.07) is 6.26. The Morgan fingerprint density at radius 2 is 2.12 bits per heavy atom. The highest BCUT2D eigenvalue weighted by molar-refractivity contribution is 7.99. The Kier molecular flexibility index (Phi) is 5.63. The normalized spacial score (nSPS) is 14.9. The Balaban J connectivity index is 1.43. The van der Waals surface area contributed by atoms with Gasteiger partial charge in [0.05, 0.1) is 0 Å². The van der Waals surface area contributed by atoms with Gasteiger partial charge in [-0.2, -0.15) is 0 Å². The number of thioether (sulfide) groups is 1. The first kappa shape index (κ1) is 16.7. The largest absolute Gasteiger partial charge is 0.343 e. The summed E-state index contributed by atoms with van der Waals surface area (Å²) < 4.78 is 12.8. The van der Waals surface area contributed by atoms with Crippen LogP contribution in [0.4, 0.5) is 4.39 Å². The maximum atomic E-state index is 12.8. The maximum Gasteiger partial charge on any atom is 0.222 e. The zero-order valence-electron chi connectivity index (χ0n) is 13.2. The Labute approximate surface area is 144 Å². The van der Waals surface area contributed by atoms with Crippen molar-refractivity contribution in [1.82, 2.24) is 20.1 Å². The van der Waals surface area contributed by atoms with Gasteiger partial charge in [0.1, 0.15) is 11.6 Å². The van der Waals surface area contributed by atoms with Crippen molar-refractivity contribution in [2.45, 2.75) is 24.4 Å². The van der Waals surface area contributed by atoms with Gasteiger partial charge < -0.3 is 4.90 Å². The second kappa shape index (κ2) is 8.10. The van der Waals surface area contributed by atoms with Gasteiger partial charge in [0.2, 0.25) is 11.1 Å². The van der Waals surface area contributed by atoms with Crippen LogP contribution >= 0.6 is 11.8 Å². The molecule has 7 heteroatoms. The summed E-state index contributed by atoms with van der Waals surface area (Å²) in [5.41, 5.74) is 0.900. The smallest absolute Gasteiger partial charge is 0.222 e. The lowest BCUT2D eigenvalue weighted by atomic mass is 10.2. The number of amides is 1. The van der Waals surface area contributed by atoms with Gasteiger partial charge in [-0.3, -0.25) is 9.89 Å². The number of aromatic nitrogens is 3. The first-order valence-corrected chi connectivity index (χ1v) is 8.96. The first-order valence-electron chi connectivity index (χ1n) is 7.97. The number of rotatable bonds is 7. The molecule has 1 aliphatic rings. The van der Waals surface area contributed by atoms with Crippen LogP contribution < -0.4 is 0 Å². The Morgan fingerprint density at radius 3 is 2.88 bits per heavy atom. The standard InChI is InChI=1S/C17H19FN4OS/c18-14-7-4-13(5-8-14)6-9-15-19-17(21-20-15)24-12-2-11-22-10-1-3-16(22)23/h4-9H,1-3,10-12H2,(H,19,20,21).